The molecule has 0 amide bonds. The van der Waals surface area contributed by atoms with Crippen LogP contribution in [-0.4, -0.2) is 68.6 Å². The van der Waals surface area contributed by atoms with Crippen molar-refractivity contribution in [2.24, 2.45) is 10.9 Å². The first-order valence-electron chi connectivity index (χ1n) is 11.0. The van der Waals surface area contributed by atoms with Gasteiger partial charge in [-0.2, -0.15) is 0 Å². The molecule has 3 heterocycles. The molecule has 1 unspecified atom stereocenters. The van der Waals surface area contributed by atoms with Crippen LogP contribution in [0, 0.1) is 5.92 Å². The predicted octanol–water partition coefficient (Wildman–Crippen LogP) is 3.56. The Bertz CT molecular complexity index is 690. The van der Waals surface area contributed by atoms with E-state index in [4.69, 9.17) is 0 Å². The first kappa shape index (κ1) is 22.4. The number of benzene rings is 1. The summed E-state index contributed by atoms with van der Waals surface area (Å²) in [6.07, 6.45) is 9.94. The van der Waals surface area contributed by atoms with Gasteiger partial charge in [0.2, 0.25) is 0 Å². The van der Waals surface area contributed by atoms with Gasteiger partial charge in [-0.15, -0.1) is 24.0 Å². The zero-order valence-electron chi connectivity index (χ0n) is 17.7. The highest BCUT2D eigenvalue weighted by molar-refractivity contribution is 14.0. The Balaban J connectivity index is 0.00000240. The van der Waals surface area contributed by atoms with Crippen molar-refractivity contribution in [3.63, 3.8) is 0 Å². The van der Waals surface area contributed by atoms with E-state index in [0.717, 1.165) is 44.6 Å². The van der Waals surface area contributed by atoms with E-state index in [0.29, 0.717) is 0 Å². The van der Waals surface area contributed by atoms with Crippen molar-refractivity contribution in [1.82, 2.24) is 15.1 Å². The molecule has 2 fully saturated rings. The lowest BCUT2D eigenvalue weighted by molar-refractivity contribution is 0.198. The molecule has 3 aliphatic heterocycles. The lowest BCUT2D eigenvalue weighted by atomic mass is 10.1. The number of hydrogen-bond acceptors (Lipinski definition) is 3. The van der Waals surface area contributed by atoms with Gasteiger partial charge in [-0.1, -0.05) is 30.7 Å². The van der Waals surface area contributed by atoms with Gasteiger partial charge < -0.3 is 20.0 Å². The number of likely N-dealkylation sites (tertiary alicyclic amines) is 2. The minimum absolute atomic E-state index is 0. The first-order valence-corrected chi connectivity index (χ1v) is 11.0. The van der Waals surface area contributed by atoms with Crippen LogP contribution in [0.3, 0.4) is 0 Å². The number of nitrogens with zero attached hydrogens (tertiary/aromatic N) is 4. The van der Waals surface area contributed by atoms with Gasteiger partial charge in [-0.3, -0.25) is 4.99 Å². The van der Waals surface area contributed by atoms with E-state index in [1.54, 1.807) is 0 Å². The van der Waals surface area contributed by atoms with Gasteiger partial charge in [0.15, 0.2) is 5.96 Å². The van der Waals surface area contributed by atoms with Gasteiger partial charge in [-0.25, -0.2) is 0 Å². The molecule has 1 N–H and O–H groups in total. The van der Waals surface area contributed by atoms with Crippen LogP contribution in [0.5, 0.6) is 0 Å². The largest absolute Gasteiger partial charge is 0.364 e. The molecular weight excluding hydrogens is 473 g/mol. The Labute approximate surface area is 193 Å². The number of rotatable bonds is 5. The van der Waals surface area contributed by atoms with Crippen molar-refractivity contribution in [2.75, 3.05) is 57.8 Å². The number of halogens is 1. The number of anilines is 1. The maximum Gasteiger partial charge on any atom is 0.193 e. The normalized spacial score (nSPS) is 22.8. The minimum Gasteiger partial charge on any atom is -0.364 e. The lowest BCUT2D eigenvalue weighted by Crippen LogP contribution is -2.41. The molecule has 0 saturated carbocycles. The van der Waals surface area contributed by atoms with Crippen molar-refractivity contribution in [2.45, 2.75) is 32.2 Å². The Morgan fingerprint density at radius 3 is 2.66 bits per heavy atom. The topological polar surface area (TPSA) is 34.1 Å². The monoisotopic (exact) mass is 509 g/mol. The second-order valence-electron chi connectivity index (χ2n) is 8.41. The lowest BCUT2D eigenvalue weighted by Gasteiger charge is -2.29. The molecule has 4 rings (SSSR count). The molecule has 0 bridgehead atoms. The zero-order valence-corrected chi connectivity index (χ0v) is 20.1. The molecule has 0 radical (unpaired) electrons. The van der Waals surface area contributed by atoms with Crippen LogP contribution in [0.25, 0.3) is 0 Å². The molecular formula is C23H36IN5. The average molecular weight is 509 g/mol. The molecule has 160 valence electrons. The van der Waals surface area contributed by atoms with Crippen molar-refractivity contribution in [3.05, 3.63) is 42.0 Å². The van der Waals surface area contributed by atoms with Crippen LogP contribution in [0.2, 0.25) is 0 Å². The van der Waals surface area contributed by atoms with Gasteiger partial charge in [0.05, 0.1) is 0 Å². The van der Waals surface area contributed by atoms with E-state index in [-0.39, 0.29) is 24.0 Å². The summed E-state index contributed by atoms with van der Waals surface area (Å²) in [5.41, 5.74) is 2.62. The van der Waals surface area contributed by atoms with Gasteiger partial charge >= 0.3 is 0 Å². The maximum atomic E-state index is 4.56. The van der Waals surface area contributed by atoms with E-state index in [9.17, 15) is 0 Å². The highest BCUT2D eigenvalue weighted by Crippen LogP contribution is 2.21. The third-order valence-corrected chi connectivity index (χ3v) is 6.31. The second kappa shape index (κ2) is 11.2. The Hall–Kier alpha value is -1.28. The average Bonchev–Trinajstić information content (AvgIpc) is 3.42. The van der Waals surface area contributed by atoms with E-state index >= 15 is 0 Å². The zero-order chi connectivity index (χ0) is 19.2. The molecule has 1 aromatic carbocycles. The quantitative estimate of drug-likeness (QED) is 0.285. The molecule has 5 nitrogen and oxygen atoms in total. The Morgan fingerprint density at radius 2 is 1.90 bits per heavy atom. The van der Waals surface area contributed by atoms with Gasteiger partial charge in [0.1, 0.15) is 0 Å². The van der Waals surface area contributed by atoms with Crippen LogP contribution in [-0.2, 0) is 6.54 Å². The summed E-state index contributed by atoms with van der Waals surface area (Å²) >= 11 is 0. The fourth-order valence-corrected chi connectivity index (χ4v) is 4.75. The third-order valence-electron chi connectivity index (χ3n) is 6.31. The van der Waals surface area contributed by atoms with E-state index in [1.807, 2.05) is 7.05 Å². The second-order valence-corrected chi connectivity index (χ2v) is 8.41. The van der Waals surface area contributed by atoms with E-state index < -0.39 is 0 Å². The van der Waals surface area contributed by atoms with Crippen LogP contribution < -0.4 is 10.2 Å². The van der Waals surface area contributed by atoms with Gasteiger partial charge in [0.25, 0.3) is 0 Å². The fourth-order valence-electron chi connectivity index (χ4n) is 4.75. The first-order chi connectivity index (χ1) is 13.8. The molecule has 0 aliphatic carbocycles. The molecule has 1 aromatic rings. The number of nitrogens with one attached hydrogen (secondary N) is 1. The summed E-state index contributed by atoms with van der Waals surface area (Å²) in [6.45, 7) is 8.98. The number of hydrogen-bond donors (Lipinski definition) is 1. The van der Waals surface area contributed by atoms with Gasteiger partial charge in [0, 0.05) is 52.0 Å². The molecule has 1 atom stereocenters. The van der Waals surface area contributed by atoms with E-state index in [1.165, 1.54) is 56.6 Å². The summed E-state index contributed by atoms with van der Waals surface area (Å²) in [6, 6.07) is 8.88. The molecule has 0 aromatic heterocycles. The Kier molecular flexibility index (Phi) is 8.66. The van der Waals surface area contributed by atoms with Crippen molar-refractivity contribution >= 4 is 35.6 Å². The highest BCUT2D eigenvalue weighted by Gasteiger charge is 2.26. The molecule has 29 heavy (non-hydrogen) atoms. The number of piperidine rings is 1. The highest BCUT2D eigenvalue weighted by atomic mass is 127. The van der Waals surface area contributed by atoms with Crippen molar-refractivity contribution in [3.8, 4) is 0 Å². The standard InChI is InChI=1S/C23H35N5.HI/c1-24-23(28-15-10-21(19-28)18-26-11-3-2-4-12-26)25-17-20-8-7-9-22(16-20)27-13-5-6-14-27;/h5-9,16,21H,2-4,10-15,17-19H2,1H3,(H,24,25);1H. The van der Waals surface area contributed by atoms with Crippen LogP contribution >= 0.6 is 24.0 Å². The summed E-state index contributed by atoms with van der Waals surface area (Å²) in [5, 5.41) is 3.60. The van der Waals surface area contributed by atoms with E-state index in [2.05, 4.69) is 61.4 Å². The summed E-state index contributed by atoms with van der Waals surface area (Å²) in [5.74, 6) is 1.83. The van der Waals surface area contributed by atoms with Gasteiger partial charge in [-0.05, 0) is 56.0 Å². The molecule has 3 aliphatic rings. The smallest absolute Gasteiger partial charge is 0.193 e. The summed E-state index contributed by atoms with van der Waals surface area (Å²) in [7, 11) is 1.91. The molecule has 6 heteroatoms. The predicted molar refractivity (Wildman–Crippen MR) is 133 cm³/mol. The van der Waals surface area contributed by atoms with Crippen LogP contribution in [0.15, 0.2) is 41.4 Å². The third kappa shape index (κ3) is 6.10. The minimum atomic E-state index is 0. The SMILES string of the molecule is CN=C(NCc1cccc(N2CC=CC2)c1)N1CCC(CN2CCCCC2)C1.I. The summed E-state index contributed by atoms with van der Waals surface area (Å²) in [4.78, 5) is 12.1. The molecule has 2 saturated heterocycles. The van der Waals surface area contributed by atoms with Crippen molar-refractivity contribution < 1.29 is 0 Å². The number of aliphatic imine (C=N–C) groups is 1. The molecule has 0 spiro atoms. The Morgan fingerprint density at radius 1 is 1.10 bits per heavy atom. The summed E-state index contributed by atoms with van der Waals surface area (Å²) < 4.78 is 0. The van der Waals surface area contributed by atoms with Crippen molar-refractivity contribution in [1.29, 1.82) is 0 Å². The number of guanidine groups is 1. The van der Waals surface area contributed by atoms with Crippen LogP contribution in [0.1, 0.15) is 31.2 Å². The maximum absolute atomic E-state index is 4.56. The van der Waals surface area contributed by atoms with Crippen LogP contribution in [0.4, 0.5) is 5.69 Å². The fraction of sp³-hybridized carbons (Fsp3) is 0.609.